The van der Waals surface area contributed by atoms with Crippen molar-refractivity contribution in [3.8, 4) is 0 Å². The number of nitrogens with one attached hydrogen (secondary N) is 1. The van der Waals surface area contributed by atoms with E-state index in [0.717, 1.165) is 13.0 Å². The van der Waals surface area contributed by atoms with Gasteiger partial charge in [0.25, 0.3) is 5.78 Å². The van der Waals surface area contributed by atoms with Gasteiger partial charge < -0.3 is 9.55 Å². The summed E-state index contributed by atoms with van der Waals surface area (Å²) in [6, 6.07) is 0. The summed E-state index contributed by atoms with van der Waals surface area (Å²) in [4.78, 5) is 22.6. The Labute approximate surface area is 87.2 Å². The van der Waals surface area contributed by atoms with Crippen molar-refractivity contribution in [1.82, 2.24) is 19.5 Å². The maximum atomic E-state index is 11.9. The van der Waals surface area contributed by atoms with Gasteiger partial charge in [-0.25, -0.2) is 9.97 Å². The minimum absolute atomic E-state index is 0.168. The monoisotopic (exact) mass is 204 g/mol. The van der Waals surface area contributed by atoms with Crippen molar-refractivity contribution in [2.75, 3.05) is 0 Å². The number of ketones is 1. The Morgan fingerprint density at radius 3 is 3.00 bits per heavy atom. The van der Waals surface area contributed by atoms with Gasteiger partial charge in [0.05, 0.1) is 0 Å². The molecule has 2 aromatic heterocycles. The van der Waals surface area contributed by atoms with E-state index in [1.54, 1.807) is 24.8 Å². The third-order valence-corrected chi connectivity index (χ3v) is 2.10. The lowest BCUT2D eigenvalue weighted by molar-refractivity contribution is 0.101. The van der Waals surface area contributed by atoms with Crippen LogP contribution in [0.5, 0.6) is 0 Å². The molecule has 2 aromatic rings. The fraction of sp³-hybridized carbons (Fsp3) is 0.300. The Morgan fingerprint density at radius 2 is 2.33 bits per heavy atom. The lowest BCUT2D eigenvalue weighted by Crippen LogP contribution is -2.12. The van der Waals surface area contributed by atoms with Crippen molar-refractivity contribution in [3.63, 3.8) is 0 Å². The van der Waals surface area contributed by atoms with E-state index in [1.165, 1.54) is 0 Å². The van der Waals surface area contributed by atoms with Gasteiger partial charge in [0.15, 0.2) is 11.6 Å². The molecule has 0 aliphatic heterocycles. The lowest BCUT2D eigenvalue weighted by Gasteiger charge is -2.02. The molecule has 0 bridgehead atoms. The van der Waals surface area contributed by atoms with Crippen molar-refractivity contribution in [2.45, 2.75) is 19.9 Å². The molecular formula is C10H12N4O. The Bertz CT molecular complexity index is 444. The SMILES string of the molecule is CCCn1ccnc1C(=O)c1ncc[nH]1. The van der Waals surface area contributed by atoms with Gasteiger partial charge in [-0.05, 0) is 6.42 Å². The fourth-order valence-corrected chi connectivity index (χ4v) is 1.43. The highest BCUT2D eigenvalue weighted by Gasteiger charge is 2.16. The molecule has 0 radical (unpaired) electrons. The Kier molecular flexibility index (Phi) is 2.62. The van der Waals surface area contributed by atoms with Gasteiger partial charge in [-0.15, -0.1) is 0 Å². The van der Waals surface area contributed by atoms with Crippen molar-refractivity contribution in [2.24, 2.45) is 0 Å². The van der Waals surface area contributed by atoms with Crippen LogP contribution in [0.15, 0.2) is 24.8 Å². The molecule has 0 aromatic carbocycles. The van der Waals surface area contributed by atoms with Crippen LogP contribution >= 0.6 is 0 Å². The maximum absolute atomic E-state index is 11.9. The fourth-order valence-electron chi connectivity index (χ4n) is 1.43. The molecular weight excluding hydrogens is 192 g/mol. The first-order valence-corrected chi connectivity index (χ1v) is 4.88. The zero-order valence-corrected chi connectivity index (χ0v) is 8.47. The van der Waals surface area contributed by atoms with E-state index < -0.39 is 0 Å². The predicted molar refractivity (Wildman–Crippen MR) is 54.5 cm³/mol. The number of aryl methyl sites for hydroxylation is 1. The second kappa shape index (κ2) is 4.08. The molecule has 0 atom stereocenters. The quantitative estimate of drug-likeness (QED) is 0.762. The second-order valence-corrected chi connectivity index (χ2v) is 3.21. The summed E-state index contributed by atoms with van der Waals surface area (Å²) < 4.78 is 1.84. The molecule has 0 unspecified atom stereocenters. The molecule has 78 valence electrons. The van der Waals surface area contributed by atoms with Crippen LogP contribution in [-0.2, 0) is 6.54 Å². The predicted octanol–water partition coefficient (Wildman–Crippen LogP) is 1.25. The molecule has 0 amide bonds. The van der Waals surface area contributed by atoms with Crippen LogP contribution in [0.2, 0.25) is 0 Å². The summed E-state index contributed by atoms with van der Waals surface area (Å²) in [5, 5.41) is 0. The summed E-state index contributed by atoms with van der Waals surface area (Å²) in [6.07, 6.45) is 7.58. The molecule has 5 heteroatoms. The van der Waals surface area contributed by atoms with Crippen LogP contribution < -0.4 is 0 Å². The smallest absolute Gasteiger partial charge is 0.263 e. The van der Waals surface area contributed by atoms with Crippen molar-refractivity contribution in [1.29, 1.82) is 0 Å². The highest BCUT2D eigenvalue weighted by atomic mass is 16.1. The summed E-state index contributed by atoms with van der Waals surface area (Å²) in [5.74, 6) is 0.601. The van der Waals surface area contributed by atoms with Crippen LogP contribution in [0.1, 0.15) is 29.8 Å². The van der Waals surface area contributed by atoms with E-state index in [2.05, 4.69) is 21.9 Å². The van der Waals surface area contributed by atoms with E-state index in [0.29, 0.717) is 11.6 Å². The summed E-state index contributed by atoms with van der Waals surface area (Å²) in [6.45, 7) is 2.85. The second-order valence-electron chi connectivity index (χ2n) is 3.21. The van der Waals surface area contributed by atoms with Gasteiger partial charge in [0.1, 0.15) is 0 Å². The molecule has 5 nitrogen and oxygen atoms in total. The number of H-pyrrole nitrogens is 1. The minimum Gasteiger partial charge on any atom is -0.342 e. The molecule has 0 spiro atoms. The van der Waals surface area contributed by atoms with Gasteiger partial charge in [-0.1, -0.05) is 6.92 Å². The van der Waals surface area contributed by atoms with E-state index >= 15 is 0 Å². The zero-order chi connectivity index (χ0) is 10.7. The zero-order valence-electron chi connectivity index (χ0n) is 8.47. The first-order valence-electron chi connectivity index (χ1n) is 4.88. The number of carbonyl (C=O) groups excluding carboxylic acids is 1. The van der Waals surface area contributed by atoms with Gasteiger partial charge in [-0.3, -0.25) is 4.79 Å². The number of carbonyl (C=O) groups is 1. The number of hydrogen-bond acceptors (Lipinski definition) is 3. The number of nitrogens with zero attached hydrogens (tertiary/aromatic N) is 3. The Hall–Kier alpha value is -1.91. The number of imidazole rings is 2. The molecule has 0 aliphatic rings. The van der Waals surface area contributed by atoms with E-state index in [4.69, 9.17) is 0 Å². The summed E-state index contributed by atoms with van der Waals surface area (Å²) in [5.41, 5.74) is 0. The number of aromatic nitrogens is 4. The van der Waals surface area contributed by atoms with E-state index in [-0.39, 0.29) is 5.78 Å². The molecule has 2 rings (SSSR count). The van der Waals surface area contributed by atoms with Crippen molar-refractivity contribution in [3.05, 3.63) is 36.4 Å². The maximum Gasteiger partial charge on any atom is 0.263 e. The normalized spacial score (nSPS) is 10.5. The lowest BCUT2D eigenvalue weighted by atomic mass is 10.3. The largest absolute Gasteiger partial charge is 0.342 e. The minimum atomic E-state index is -0.168. The van der Waals surface area contributed by atoms with Crippen LogP contribution in [0.3, 0.4) is 0 Å². The van der Waals surface area contributed by atoms with Gasteiger partial charge in [-0.2, -0.15) is 0 Å². The third kappa shape index (κ3) is 1.81. The van der Waals surface area contributed by atoms with Crippen molar-refractivity contribution < 1.29 is 4.79 Å². The van der Waals surface area contributed by atoms with E-state index in [1.807, 2.05) is 4.57 Å². The highest BCUT2D eigenvalue weighted by Crippen LogP contribution is 2.04. The van der Waals surface area contributed by atoms with Gasteiger partial charge in [0.2, 0.25) is 0 Å². The molecule has 0 saturated carbocycles. The molecule has 2 heterocycles. The topological polar surface area (TPSA) is 63.6 Å². The average Bonchev–Trinajstić information content (AvgIpc) is 2.87. The van der Waals surface area contributed by atoms with Gasteiger partial charge >= 0.3 is 0 Å². The molecule has 15 heavy (non-hydrogen) atoms. The van der Waals surface area contributed by atoms with Crippen LogP contribution in [0.4, 0.5) is 0 Å². The van der Waals surface area contributed by atoms with Gasteiger partial charge in [0, 0.05) is 31.3 Å². The summed E-state index contributed by atoms with van der Waals surface area (Å²) >= 11 is 0. The van der Waals surface area contributed by atoms with Crippen LogP contribution in [0, 0.1) is 0 Å². The first kappa shape index (κ1) is 9.64. The number of aromatic amines is 1. The molecule has 0 saturated heterocycles. The molecule has 0 aliphatic carbocycles. The average molecular weight is 204 g/mol. The highest BCUT2D eigenvalue weighted by molar-refractivity contribution is 6.03. The summed E-state index contributed by atoms with van der Waals surface area (Å²) in [7, 11) is 0. The number of rotatable bonds is 4. The van der Waals surface area contributed by atoms with Crippen LogP contribution in [0.25, 0.3) is 0 Å². The first-order chi connectivity index (χ1) is 7.33. The Balaban J connectivity index is 2.29. The van der Waals surface area contributed by atoms with Crippen molar-refractivity contribution >= 4 is 5.78 Å². The third-order valence-electron chi connectivity index (χ3n) is 2.10. The Morgan fingerprint density at radius 1 is 1.47 bits per heavy atom. The molecule has 1 N–H and O–H groups in total. The van der Waals surface area contributed by atoms with Crippen LogP contribution in [-0.4, -0.2) is 25.3 Å². The molecule has 0 fully saturated rings. The standard InChI is InChI=1S/C10H12N4O/c1-2-6-14-7-5-13-10(14)8(15)9-11-3-4-12-9/h3-5,7H,2,6H2,1H3,(H,11,12). The number of hydrogen-bond donors (Lipinski definition) is 1. The van der Waals surface area contributed by atoms with E-state index in [9.17, 15) is 4.79 Å².